The molecule has 0 heterocycles. The summed E-state index contributed by atoms with van der Waals surface area (Å²) in [6.07, 6.45) is 47.4. The highest BCUT2D eigenvalue weighted by molar-refractivity contribution is 6.69. The number of carbonyl (C=O) groups excluding carboxylic acids is 2. The van der Waals surface area contributed by atoms with Crippen molar-refractivity contribution in [3.63, 3.8) is 0 Å². The fourth-order valence-electron chi connectivity index (χ4n) is 7.21. The molecule has 5 heteroatoms. The van der Waals surface area contributed by atoms with Gasteiger partial charge in [0.15, 0.2) is 0 Å². The van der Waals surface area contributed by atoms with Gasteiger partial charge >= 0.3 is 8.56 Å². The van der Waals surface area contributed by atoms with Crippen LogP contribution in [0.15, 0.2) is 0 Å². The van der Waals surface area contributed by atoms with E-state index >= 15 is 0 Å². The summed E-state index contributed by atoms with van der Waals surface area (Å²) < 4.78 is 12.1. The standard InChI is InChI=1S/C45H90O4Si/c1-5-8-11-14-17-19-21-23-25-27-29-31-33-35-38-41-44(46)48-50(4,43-40-37-16-13-10-7-3)49-45(47)42-39-36-34-32-30-28-26-24-22-20-18-15-12-9-6-2/h5-43H2,1-4H3. The molecule has 298 valence electrons. The summed E-state index contributed by atoms with van der Waals surface area (Å²) in [4.78, 5) is 25.8. The molecular formula is C45H90O4Si. The molecule has 0 saturated heterocycles. The third-order valence-electron chi connectivity index (χ3n) is 10.6. The molecule has 0 saturated carbocycles. The van der Waals surface area contributed by atoms with Crippen molar-refractivity contribution in [2.24, 2.45) is 0 Å². The maximum absolute atomic E-state index is 12.9. The van der Waals surface area contributed by atoms with Crippen molar-refractivity contribution in [2.75, 3.05) is 0 Å². The monoisotopic (exact) mass is 723 g/mol. The van der Waals surface area contributed by atoms with E-state index in [0.717, 1.165) is 44.6 Å². The lowest BCUT2D eigenvalue weighted by Crippen LogP contribution is -2.42. The molecule has 0 aromatic heterocycles. The van der Waals surface area contributed by atoms with Crippen molar-refractivity contribution >= 4 is 20.5 Å². The average molecular weight is 723 g/mol. The largest absolute Gasteiger partial charge is 0.485 e. The molecule has 0 aliphatic rings. The molecule has 0 radical (unpaired) electrons. The van der Waals surface area contributed by atoms with E-state index in [4.69, 9.17) is 8.85 Å². The molecule has 0 aromatic carbocycles. The smallest absolute Gasteiger partial charge is 0.461 e. The van der Waals surface area contributed by atoms with Gasteiger partial charge in [-0.3, -0.25) is 9.59 Å². The Labute approximate surface area is 315 Å². The highest BCUT2D eigenvalue weighted by Crippen LogP contribution is 2.23. The molecule has 0 rings (SSSR count). The highest BCUT2D eigenvalue weighted by Gasteiger charge is 2.38. The molecule has 0 amide bonds. The normalized spacial score (nSPS) is 11.7. The van der Waals surface area contributed by atoms with E-state index in [0.29, 0.717) is 12.8 Å². The lowest BCUT2D eigenvalue weighted by molar-refractivity contribution is -0.141. The van der Waals surface area contributed by atoms with E-state index in [9.17, 15) is 9.59 Å². The minimum absolute atomic E-state index is 0.153. The van der Waals surface area contributed by atoms with Gasteiger partial charge in [0.1, 0.15) is 0 Å². The Balaban J connectivity index is 4.12. The van der Waals surface area contributed by atoms with E-state index in [2.05, 4.69) is 20.8 Å². The molecule has 0 atom stereocenters. The SMILES string of the molecule is CCCCCCCCCCCCCCCCCC(=O)O[Si](C)(CCCCCCCC)OC(=O)CCCCCCCCCCCCCCCCC. The first-order valence-corrected chi connectivity index (χ1v) is 25.4. The van der Waals surface area contributed by atoms with Gasteiger partial charge in [0.05, 0.1) is 0 Å². The van der Waals surface area contributed by atoms with Gasteiger partial charge < -0.3 is 8.85 Å². The van der Waals surface area contributed by atoms with Crippen LogP contribution in [0.4, 0.5) is 0 Å². The second-order valence-electron chi connectivity index (χ2n) is 16.0. The first-order valence-electron chi connectivity index (χ1n) is 22.9. The Hall–Kier alpha value is -0.843. The second-order valence-corrected chi connectivity index (χ2v) is 19.2. The molecule has 50 heavy (non-hydrogen) atoms. The zero-order valence-electron chi connectivity index (χ0n) is 34.7. The molecular weight excluding hydrogens is 633 g/mol. The Morgan fingerprint density at radius 1 is 0.320 bits per heavy atom. The molecule has 0 N–H and O–H groups in total. The summed E-state index contributed by atoms with van der Waals surface area (Å²) in [7, 11) is -2.86. The number of rotatable bonds is 41. The first kappa shape index (κ1) is 49.2. The third kappa shape index (κ3) is 36.9. The van der Waals surface area contributed by atoms with Crippen LogP contribution in [-0.4, -0.2) is 20.5 Å². The Kier molecular flexibility index (Phi) is 38.7. The highest BCUT2D eigenvalue weighted by atomic mass is 28.4. The van der Waals surface area contributed by atoms with Crippen molar-refractivity contribution < 1.29 is 18.4 Å². The summed E-state index contributed by atoms with van der Waals surface area (Å²) >= 11 is 0. The van der Waals surface area contributed by atoms with Crippen LogP contribution in [0.3, 0.4) is 0 Å². The lowest BCUT2D eigenvalue weighted by Gasteiger charge is -2.26. The van der Waals surface area contributed by atoms with Crippen molar-refractivity contribution in [3.05, 3.63) is 0 Å². The van der Waals surface area contributed by atoms with E-state index in [1.54, 1.807) is 0 Å². The first-order chi connectivity index (χ1) is 24.5. The van der Waals surface area contributed by atoms with Gasteiger partial charge in [0.25, 0.3) is 11.9 Å². The maximum atomic E-state index is 12.9. The van der Waals surface area contributed by atoms with Crippen LogP contribution in [-0.2, 0) is 18.4 Å². The molecule has 0 aliphatic heterocycles. The van der Waals surface area contributed by atoms with Gasteiger partial charge in [-0.25, -0.2) is 0 Å². The second kappa shape index (κ2) is 39.4. The summed E-state index contributed by atoms with van der Waals surface area (Å²) in [5, 5.41) is 0. The summed E-state index contributed by atoms with van der Waals surface area (Å²) in [6.45, 7) is 8.76. The van der Waals surface area contributed by atoms with Gasteiger partial charge in [-0.15, -0.1) is 0 Å². The molecule has 0 spiro atoms. The van der Waals surface area contributed by atoms with Gasteiger partial charge in [-0.05, 0) is 19.3 Å². The molecule has 0 aliphatic carbocycles. The average Bonchev–Trinajstić information content (AvgIpc) is 3.09. The van der Waals surface area contributed by atoms with E-state index in [-0.39, 0.29) is 11.9 Å². The van der Waals surface area contributed by atoms with Crippen molar-refractivity contribution in [1.82, 2.24) is 0 Å². The topological polar surface area (TPSA) is 52.6 Å². The predicted octanol–water partition coefficient (Wildman–Crippen LogP) is 16.0. The summed E-state index contributed by atoms with van der Waals surface area (Å²) in [6, 6.07) is 0.730. The zero-order chi connectivity index (χ0) is 36.6. The van der Waals surface area contributed by atoms with Crippen LogP contribution >= 0.6 is 0 Å². The minimum Gasteiger partial charge on any atom is -0.485 e. The van der Waals surface area contributed by atoms with Crippen LogP contribution in [0.5, 0.6) is 0 Å². The van der Waals surface area contributed by atoms with Crippen molar-refractivity contribution in [2.45, 2.75) is 277 Å². The van der Waals surface area contributed by atoms with Crippen LogP contribution in [0, 0.1) is 0 Å². The minimum atomic E-state index is -2.86. The quantitative estimate of drug-likeness (QED) is 0.0466. The van der Waals surface area contributed by atoms with Crippen LogP contribution in [0.25, 0.3) is 0 Å². The molecule has 0 aromatic rings. The van der Waals surface area contributed by atoms with Gasteiger partial charge in [0, 0.05) is 25.4 Å². The summed E-state index contributed by atoms with van der Waals surface area (Å²) in [5.41, 5.74) is 0. The Morgan fingerprint density at radius 2 is 0.520 bits per heavy atom. The lowest BCUT2D eigenvalue weighted by atomic mass is 10.0. The fourth-order valence-corrected chi connectivity index (χ4v) is 9.52. The van der Waals surface area contributed by atoms with Crippen molar-refractivity contribution in [3.8, 4) is 0 Å². The van der Waals surface area contributed by atoms with E-state index in [1.165, 1.54) is 193 Å². The zero-order valence-corrected chi connectivity index (χ0v) is 35.7. The molecule has 4 nitrogen and oxygen atoms in total. The van der Waals surface area contributed by atoms with E-state index < -0.39 is 8.56 Å². The van der Waals surface area contributed by atoms with Gasteiger partial charge in [-0.2, -0.15) is 0 Å². The van der Waals surface area contributed by atoms with E-state index in [1.807, 2.05) is 6.55 Å². The molecule has 0 unspecified atom stereocenters. The number of carbonyl (C=O) groups is 2. The number of hydrogen-bond acceptors (Lipinski definition) is 4. The van der Waals surface area contributed by atoms with Gasteiger partial charge in [-0.1, -0.05) is 233 Å². The number of hydrogen-bond donors (Lipinski definition) is 0. The van der Waals surface area contributed by atoms with Crippen LogP contribution in [0.1, 0.15) is 265 Å². The maximum Gasteiger partial charge on any atom is 0.461 e. The Morgan fingerprint density at radius 3 is 0.760 bits per heavy atom. The number of unbranched alkanes of at least 4 members (excludes halogenated alkanes) is 33. The van der Waals surface area contributed by atoms with Crippen LogP contribution in [0.2, 0.25) is 12.6 Å². The Bertz CT molecular complexity index is 663. The van der Waals surface area contributed by atoms with Crippen LogP contribution < -0.4 is 0 Å². The molecule has 0 fully saturated rings. The summed E-state index contributed by atoms with van der Waals surface area (Å²) in [5.74, 6) is -0.306. The van der Waals surface area contributed by atoms with Gasteiger partial charge in [0.2, 0.25) is 0 Å². The molecule has 0 bridgehead atoms. The fraction of sp³-hybridized carbons (Fsp3) is 0.956. The van der Waals surface area contributed by atoms with Crippen molar-refractivity contribution in [1.29, 1.82) is 0 Å². The third-order valence-corrected chi connectivity index (χ3v) is 13.2. The predicted molar refractivity (Wildman–Crippen MR) is 221 cm³/mol.